The summed E-state index contributed by atoms with van der Waals surface area (Å²) in [5, 5.41) is 2.70. The van der Waals surface area contributed by atoms with Gasteiger partial charge in [-0.15, -0.1) is 11.3 Å². The van der Waals surface area contributed by atoms with Gasteiger partial charge in [-0.2, -0.15) is 4.31 Å². The first-order chi connectivity index (χ1) is 9.89. The highest BCUT2D eigenvalue weighted by molar-refractivity contribution is 7.91. The van der Waals surface area contributed by atoms with Gasteiger partial charge in [0.05, 0.1) is 0 Å². The summed E-state index contributed by atoms with van der Waals surface area (Å²) >= 11 is 1.26. The lowest BCUT2D eigenvalue weighted by atomic mass is 10.1. The van der Waals surface area contributed by atoms with Gasteiger partial charge in [-0.3, -0.25) is 4.79 Å². The largest absolute Gasteiger partial charge is 0.356 e. The van der Waals surface area contributed by atoms with Crippen molar-refractivity contribution in [3.8, 4) is 0 Å². The van der Waals surface area contributed by atoms with E-state index in [0.29, 0.717) is 30.3 Å². The van der Waals surface area contributed by atoms with Gasteiger partial charge in [-0.25, -0.2) is 8.42 Å². The number of sulfonamides is 1. The maximum absolute atomic E-state index is 12.5. The van der Waals surface area contributed by atoms with Crippen LogP contribution in [-0.2, 0) is 21.2 Å². The molecule has 0 bridgehead atoms. The van der Waals surface area contributed by atoms with Gasteiger partial charge in [0.25, 0.3) is 10.0 Å². The third-order valence-electron chi connectivity index (χ3n) is 3.40. The van der Waals surface area contributed by atoms with Crippen molar-refractivity contribution >= 4 is 27.3 Å². The van der Waals surface area contributed by atoms with Gasteiger partial charge in [0, 0.05) is 37.5 Å². The SMILES string of the molecule is CC(=O)NCCc1ccc(S(=O)(=O)N2CCCC(N)C2)s1. The number of rotatable bonds is 5. The molecule has 1 saturated heterocycles. The van der Waals surface area contributed by atoms with Crippen molar-refractivity contribution in [2.24, 2.45) is 5.73 Å². The number of carbonyl (C=O) groups excluding carboxylic acids is 1. The van der Waals surface area contributed by atoms with Crippen LogP contribution in [0.25, 0.3) is 0 Å². The molecule has 6 nitrogen and oxygen atoms in total. The van der Waals surface area contributed by atoms with E-state index in [4.69, 9.17) is 5.73 Å². The summed E-state index contributed by atoms with van der Waals surface area (Å²) in [7, 11) is -3.43. The molecule has 1 fully saturated rings. The molecule has 1 aliphatic heterocycles. The van der Waals surface area contributed by atoms with Crippen LogP contribution in [-0.4, -0.2) is 44.3 Å². The summed E-state index contributed by atoms with van der Waals surface area (Å²) in [4.78, 5) is 11.8. The van der Waals surface area contributed by atoms with E-state index in [0.717, 1.165) is 17.7 Å². The Hall–Kier alpha value is -0.960. The fourth-order valence-electron chi connectivity index (χ4n) is 2.31. The third-order valence-corrected chi connectivity index (χ3v) is 6.87. The van der Waals surface area contributed by atoms with E-state index in [2.05, 4.69) is 5.32 Å². The zero-order chi connectivity index (χ0) is 15.5. The highest BCUT2D eigenvalue weighted by atomic mass is 32.2. The molecule has 1 amide bonds. The summed E-state index contributed by atoms with van der Waals surface area (Å²) < 4.78 is 26.9. The number of thiophene rings is 1. The number of nitrogens with one attached hydrogen (secondary N) is 1. The van der Waals surface area contributed by atoms with E-state index in [-0.39, 0.29) is 11.9 Å². The number of amides is 1. The maximum atomic E-state index is 12.5. The minimum atomic E-state index is -3.43. The summed E-state index contributed by atoms with van der Waals surface area (Å²) in [6.07, 6.45) is 2.32. The Morgan fingerprint density at radius 3 is 2.95 bits per heavy atom. The van der Waals surface area contributed by atoms with Crippen LogP contribution in [0.1, 0.15) is 24.6 Å². The molecule has 8 heteroatoms. The van der Waals surface area contributed by atoms with Crippen molar-refractivity contribution in [2.75, 3.05) is 19.6 Å². The number of nitrogens with zero attached hydrogens (tertiary/aromatic N) is 1. The number of nitrogens with two attached hydrogens (primary N) is 1. The highest BCUT2D eigenvalue weighted by Gasteiger charge is 2.29. The lowest BCUT2D eigenvalue weighted by molar-refractivity contribution is -0.118. The Kier molecular flexibility index (Phi) is 5.37. The van der Waals surface area contributed by atoms with E-state index in [1.54, 1.807) is 6.07 Å². The van der Waals surface area contributed by atoms with Crippen LogP contribution < -0.4 is 11.1 Å². The molecule has 21 heavy (non-hydrogen) atoms. The lowest BCUT2D eigenvalue weighted by Crippen LogP contribution is -2.45. The predicted octanol–water partition coefficient (Wildman–Crippen LogP) is 0.539. The van der Waals surface area contributed by atoms with Gasteiger partial charge < -0.3 is 11.1 Å². The van der Waals surface area contributed by atoms with Gasteiger partial charge in [0.15, 0.2) is 0 Å². The second kappa shape index (κ2) is 6.87. The number of hydrogen-bond donors (Lipinski definition) is 2. The highest BCUT2D eigenvalue weighted by Crippen LogP contribution is 2.27. The fraction of sp³-hybridized carbons (Fsp3) is 0.615. The summed E-state index contributed by atoms with van der Waals surface area (Å²) in [6.45, 7) is 2.91. The van der Waals surface area contributed by atoms with Crippen LogP contribution >= 0.6 is 11.3 Å². The minimum Gasteiger partial charge on any atom is -0.356 e. The molecule has 0 radical (unpaired) electrons. The zero-order valence-electron chi connectivity index (χ0n) is 12.0. The van der Waals surface area contributed by atoms with Gasteiger partial charge in [-0.05, 0) is 31.4 Å². The molecule has 1 aromatic heterocycles. The number of hydrogen-bond acceptors (Lipinski definition) is 5. The molecule has 2 heterocycles. The minimum absolute atomic E-state index is 0.0762. The molecule has 0 aliphatic carbocycles. The Morgan fingerprint density at radius 2 is 2.29 bits per heavy atom. The topological polar surface area (TPSA) is 92.5 Å². The van der Waals surface area contributed by atoms with Crippen molar-refractivity contribution in [3.05, 3.63) is 17.0 Å². The first-order valence-corrected chi connectivity index (χ1v) is 9.24. The molecule has 1 aliphatic rings. The van der Waals surface area contributed by atoms with Crippen LogP contribution in [0.4, 0.5) is 0 Å². The van der Waals surface area contributed by atoms with Crippen LogP contribution in [0, 0.1) is 0 Å². The quantitative estimate of drug-likeness (QED) is 0.823. The second-order valence-corrected chi connectivity index (χ2v) is 8.55. The molecular formula is C13H21N3O3S2. The van der Waals surface area contributed by atoms with E-state index >= 15 is 0 Å². The Balaban J connectivity index is 2.03. The van der Waals surface area contributed by atoms with E-state index < -0.39 is 10.0 Å². The third kappa shape index (κ3) is 4.26. The average Bonchev–Trinajstić information content (AvgIpc) is 2.88. The first kappa shape index (κ1) is 16.4. The molecule has 1 aromatic rings. The van der Waals surface area contributed by atoms with E-state index in [1.165, 1.54) is 22.6 Å². The lowest BCUT2D eigenvalue weighted by Gasteiger charge is -2.29. The van der Waals surface area contributed by atoms with Crippen molar-refractivity contribution in [1.82, 2.24) is 9.62 Å². The average molecular weight is 331 g/mol. The van der Waals surface area contributed by atoms with E-state index in [1.807, 2.05) is 6.07 Å². The molecule has 1 unspecified atom stereocenters. The normalized spacial score (nSPS) is 20.4. The van der Waals surface area contributed by atoms with Crippen LogP contribution in [0.15, 0.2) is 16.3 Å². The monoisotopic (exact) mass is 331 g/mol. The van der Waals surface area contributed by atoms with Crippen molar-refractivity contribution < 1.29 is 13.2 Å². The Morgan fingerprint density at radius 1 is 1.52 bits per heavy atom. The van der Waals surface area contributed by atoms with Crippen LogP contribution in [0.2, 0.25) is 0 Å². The number of piperidine rings is 1. The Labute approximate surface area is 129 Å². The molecule has 3 N–H and O–H groups in total. The molecule has 0 saturated carbocycles. The van der Waals surface area contributed by atoms with Gasteiger partial charge in [-0.1, -0.05) is 0 Å². The molecule has 2 rings (SSSR count). The van der Waals surface area contributed by atoms with Crippen molar-refractivity contribution in [1.29, 1.82) is 0 Å². The van der Waals surface area contributed by atoms with Crippen molar-refractivity contribution in [3.63, 3.8) is 0 Å². The molecule has 0 spiro atoms. The standard InChI is InChI=1S/C13H21N3O3S2/c1-10(17)15-7-6-12-4-5-13(20-12)21(18,19)16-8-2-3-11(14)9-16/h4-5,11H,2-3,6-9,14H2,1H3,(H,15,17). The summed E-state index contributed by atoms with van der Waals surface area (Å²) in [6, 6.07) is 3.37. The van der Waals surface area contributed by atoms with Crippen molar-refractivity contribution in [2.45, 2.75) is 36.4 Å². The van der Waals surface area contributed by atoms with Gasteiger partial charge in [0.2, 0.25) is 5.91 Å². The molecule has 1 atom stereocenters. The molecule has 118 valence electrons. The zero-order valence-corrected chi connectivity index (χ0v) is 13.7. The number of carbonyl (C=O) groups is 1. The van der Waals surface area contributed by atoms with E-state index in [9.17, 15) is 13.2 Å². The predicted molar refractivity (Wildman–Crippen MR) is 82.7 cm³/mol. The summed E-state index contributed by atoms with van der Waals surface area (Å²) in [5.74, 6) is -0.0818. The van der Waals surface area contributed by atoms with Gasteiger partial charge in [0.1, 0.15) is 4.21 Å². The molecule has 0 aromatic carbocycles. The first-order valence-electron chi connectivity index (χ1n) is 6.98. The second-order valence-electron chi connectivity index (χ2n) is 5.22. The molecular weight excluding hydrogens is 310 g/mol. The van der Waals surface area contributed by atoms with Crippen LogP contribution in [0.5, 0.6) is 0 Å². The van der Waals surface area contributed by atoms with Crippen LogP contribution in [0.3, 0.4) is 0 Å². The maximum Gasteiger partial charge on any atom is 0.252 e. The Bertz CT molecular complexity index is 598. The summed E-state index contributed by atoms with van der Waals surface area (Å²) in [5.41, 5.74) is 5.86. The van der Waals surface area contributed by atoms with Gasteiger partial charge >= 0.3 is 0 Å². The fourth-order valence-corrected chi connectivity index (χ4v) is 5.36. The smallest absolute Gasteiger partial charge is 0.252 e.